The lowest BCUT2D eigenvalue weighted by Gasteiger charge is -2.35. The second kappa shape index (κ2) is 8.31. The zero-order valence-electron chi connectivity index (χ0n) is 14.8. The van der Waals surface area contributed by atoms with Crippen molar-refractivity contribution in [2.45, 2.75) is 11.7 Å². The number of pyridine rings is 1. The normalized spacial score (nSPS) is 18.0. The zero-order chi connectivity index (χ0) is 20.2. The minimum atomic E-state index is -4.56. The van der Waals surface area contributed by atoms with Crippen LogP contribution in [0.25, 0.3) is 6.08 Å². The van der Waals surface area contributed by atoms with Crippen LogP contribution in [0.4, 0.5) is 13.2 Å². The van der Waals surface area contributed by atoms with Crippen LogP contribution >= 0.6 is 11.6 Å². The summed E-state index contributed by atoms with van der Waals surface area (Å²) < 4.78 is 44.4. The highest BCUT2D eigenvalue weighted by Gasteiger charge is 2.45. The fourth-order valence-electron chi connectivity index (χ4n) is 3.21. The van der Waals surface area contributed by atoms with Crippen molar-refractivity contribution < 1.29 is 22.8 Å². The van der Waals surface area contributed by atoms with E-state index in [9.17, 15) is 18.4 Å². The third-order valence-corrected chi connectivity index (χ3v) is 4.99. The molecule has 0 spiro atoms. The van der Waals surface area contributed by atoms with Crippen LogP contribution in [0.15, 0.2) is 48.7 Å². The van der Waals surface area contributed by atoms with E-state index in [0.29, 0.717) is 26.3 Å². The first-order valence-electron chi connectivity index (χ1n) is 8.68. The second-order valence-electron chi connectivity index (χ2n) is 6.43. The van der Waals surface area contributed by atoms with Crippen molar-refractivity contribution in [3.63, 3.8) is 0 Å². The number of benzene rings is 1. The average molecular weight is 409 g/mol. The molecule has 0 unspecified atom stereocenters. The number of aromatic nitrogens is 1. The standard InChI is InChI=1S/C20H17ClF3N3O/c21-17-12-16(20(22,23)24)13-26-18(17)19(14-25,27-8-10-28-11-9-27)7-6-15-4-2-1-3-5-15/h1-7,12-13H,8-11H2/p+1/b7-6+/t19-/m0/s1. The van der Waals surface area contributed by atoms with Gasteiger partial charge in [0.05, 0.1) is 23.8 Å². The fraction of sp³-hybridized carbons (Fsp3) is 0.300. The summed E-state index contributed by atoms with van der Waals surface area (Å²) in [5.41, 5.74) is -1.32. The lowest BCUT2D eigenvalue weighted by atomic mass is 9.91. The lowest BCUT2D eigenvalue weighted by Crippen LogP contribution is -3.20. The molecule has 4 nitrogen and oxygen atoms in total. The lowest BCUT2D eigenvalue weighted by molar-refractivity contribution is -0.951. The topological polar surface area (TPSA) is 50.3 Å². The highest BCUT2D eigenvalue weighted by molar-refractivity contribution is 6.31. The van der Waals surface area contributed by atoms with Gasteiger partial charge in [0.2, 0.25) is 5.54 Å². The van der Waals surface area contributed by atoms with E-state index in [-0.39, 0.29) is 10.7 Å². The van der Waals surface area contributed by atoms with E-state index in [1.807, 2.05) is 30.3 Å². The molecule has 1 aliphatic heterocycles. The Hall–Kier alpha value is -2.40. The number of alkyl halides is 3. The molecular weight excluding hydrogens is 391 g/mol. The molecule has 1 N–H and O–H groups in total. The van der Waals surface area contributed by atoms with Crippen LogP contribution in [0.3, 0.4) is 0 Å². The summed E-state index contributed by atoms with van der Waals surface area (Å²) >= 11 is 6.21. The van der Waals surface area contributed by atoms with Gasteiger partial charge in [-0.25, -0.2) is 0 Å². The first-order chi connectivity index (χ1) is 13.4. The molecule has 1 saturated heterocycles. The van der Waals surface area contributed by atoms with E-state index in [2.05, 4.69) is 11.1 Å². The predicted molar refractivity (Wildman–Crippen MR) is 98.5 cm³/mol. The molecule has 0 saturated carbocycles. The summed E-state index contributed by atoms with van der Waals surface area (Å²) in [6.45, 7) is 1.89. The number of nitrogens with one attached hydrogen (secondary N) is 1. The van der Waals surface area contributed by atoms with Gasteiger partial charge in [0.15, 0.2) is 0 Å². The van der Waals surface area contributed by atoms with Gasteiger partial charge < -0.3 is 9.64 Å². The van der Waals surface area contributed by atoms with E-state index < -0.39 is 17.3 Å². The van der Waals surface area contributed by atoms with Gasteiger partial charge in [0.1, 0.15) is 24.9 Å². The van der Waals surface area contributed by atoms with Gasteiger partial charge >= 0.3 is 6.18 Å². The minimum Gasteiger partial charge on any atom is -0.370 e. The molecule has 1 aromatic heterocycles. The molecule has 2 heterocycles. The van der Waals surface area contributed by atoms with Crippen LogP contribution in [0.5, 0.6) is 0 Å². The Balaban J connectivity index is 2.10. The number of rotatable bonds is 4. The van der Waals surface area contributed by atoms with E-state index in [4.69, 9.17) is 16.3 Å². The van der Waals surface area contributed by atoms with Crippen LogP contribution < -0.4 is 4.90 Å². The van der Waals surface area contributed by atoms with Crippen LogP contribution in [0.2, 0.25) is 5.02 Å². The molecule has 1 aliphatic rings. The molecule has 8 heteroatoms. The number of nitrogens with zero attached hydrogens (tertiary/aromatic N) is 2. The summed E-state index contributed by atoms with van der Waals surface area (Å²) in [4.78, 5) is 4.81. The van der Waals surface area contributed by atoms with Crippen molar-refractivity contribution in [1.29, 1.82) is 5.26 Å². The molecule has 0 amide bonds. The summed E-state index contributed by atoms with van der Waals surface area (Å²) in [6, 6.07) is 12.4. The molecule has 28 heavy (non-hydrogen) atoms. The first kappa shape index (κ1) is 20.3. The monoisotopic (exact) mass is 408 g/mol. The SMILES string of the molecule is N#C[C@@](/C=C/c1ccccc1)(c1ncc(C(F)(F)F)cc1Cl)[NH+]1CCOCC1. The van der Waals surface area contributed by atoms with E-state index in [0.717, 1.165) is 22.7 Å². The number of morpholine rings is 1. The predicted octanol–water partition coefficient (Wildman–Crippen LogP) is 3.10. The Morgan fingerprint density at radius 2 is 1.86 bits per heavy atom. The Morgan fingerprint density at radius 1 is 1.18 bits per heavy atom. The number of quaternary nitrogens is 1. The Kier molecular flexibility index (Phi) is 6.04. The highest BCUT2D eigenvalue weighted by atomic mass is 35.5. The van der Waals surface area contributed by atoms with Gasteiger partial charge in [0, 0.05) is 6.20 Å². The molecule has 0 bridgehead atoms. The number of halogens is 4. The Labute approximate surface area is 165 Å². The van der Waals surface area contributed by atoms with Crippen molar-refractivity contribution in [2.24, 2.45) is 0 Å². The maximum Gasteiger partial charge on any atom is 0.417 e. The summed E-state index contributed by atoms with van der Waals surface area (Å²) in [5.74, 6) is 0. The van der Waals surface area contributed by atoms with Gasteiger partial charge in [-0.05, 0) is 17.7 Å². The first-order valence-corrected chi connectivity index (χ1v) is 9.06. The molecule has 0 radical (unpaired) electrons. The third-order valence-electron chi connectivity index (χ3n) is 4.70. The second-order valence-corrected chi connectivity index (χ2v) is 6.84. The highest BCUT2D eigenvalue weighted by Crippen LogP contribution is 2.34. The minimum absolute atomic E-state index is 0.105. The van der Waals surface area contributed by atoms with E-state index >= 15 is 0 Å². The van der Waals surface area contributed by atoms with Gasteiger partial charge in [-0.3, -0.25) is 4.98 Å². The third kappa shape index (κ3) is 4.20. The van der Waals surface area contributed by atoms with Gasteiger partial charge in [-0.15, -0.1) is 0 Å². The smallest absolute Gasteiger partial charge is 0.370 e. The fourth-order valence-corrected chi connectivity index (χ4v) is 3.53. The number of hydrogen-bond acceptors (Lipinski definition) is 3. The van der Waals surface area contributed by atoms with Crippen molar-refractivity contribution >= 4 is 17.7 Å². The molecule has 146 valence electrons. The number of ether oxygens (including phenoxy) is 1. The van der Waals surface area contributed by atoms with Crippen molar-refractivity contribution in [3.8, 4) is 6.07 Å². The molecule has 1 aromatic carbocycles. The number of hydrogen-bond donors (Lipinski definition) is 1. The van der Waals surface area contributed by atoms with Crippen LogP contribution in [-0.2, 0) is 16.5 Å². The van der Waals surface area contributed by atoms with Crippen LogP contribution in [-0.4, -0.2) is 31.3 Å². The summed E-state index contributed by atoms with van der Waals surface area (Å²) in [5, 5.41) is 9.94. The van der Waals surface area contributed by atoms with Crippen LogP contribution in [0.1, 0.15) is 16.8 Å². The van der Waals surface area contributed by atoms with Crippen LogP contribution in [0, 0.1) is 11.3 Å². The van der Waals surface area contributed by atoms with E-state index in [1.54, 1.807) is 12.2 Å². The zero-order valence-corrected chi connectivity index (χ0v) is 15.6. The molecule has 1 atom stereocenters. The quantitative estimate of drug-likeness (QED) is 0.845. The maximum absolute atomic E-state index is 13.0. The summed E-state index contributed by atoms with van der Waals surface area (Å²) in [6.07, 6.45) is -0.397. The largest absolute Gasteiger partial charge is 0.417 e. The molecular formula is C20H18ClF3N3O+. The van der Waals surface area contributed by atoms with Crippen molar-refractivity contribution in [3.05, 3.63) is 70.5 Å². The average Bonchev–Trinajstić information content (AvgIpc) is 2.70. The van der Waals surface area contributed by atoms with Crippen molar-refractivity contribution in [2.75, 3.05) is 26.3 Å². The molecule has 2 aromatic rings. The van der Waals surface area contributed by atoms with Crippen molar-refractivity contribution in [1.82, 2.24) is 4.98 Å². The molecule has 0 aliphatic carbocycles. The van der Waals surface area contributed by atoms with Gasteiger partial charge in [-0.1, -0.05) is 48.0 Å². The molecule has 1 fully saturated rings. The molecule has 3 rings (SSSR count). The van der Waals surface area contributed by atoms with Gasteiger partial charge in [-0.2, -0.15) is 18.4 Å². The maximum atomic E-state index is 13.0. The van der Waals surface area contributed by atoms with E-state index in [1.165, 1.54) is 0 Å². The van der Waals surface area contributed by atoms with Gasteiger partial charge in [0.25, 0.3) is 0 Å². The summed E-state index contributed by atoms with van der Waals surface area (Å²) in [7, 11) is 0. The Morgan fingerprint density at radius 3 is 2.43 bits per heavy atom. The number of nitriles is 1. The Bertz CT molecular complexity index is 890.